The number of benzene rings is 3. The van der Waals surface area contributed by atoms with Crippen molar-refractivity contribution in [2.45, 2.75) is 45.8 Å². The summed E-state index contributed by atoms with van der Waals surface area (Å²) < 4.78 is 5.90. The molecule has 0 heterocycles. The van der Waals surface area contributed by atoms with E-state index in [1.807, 2.05) is 38.1 Å². The van der Waals surface area contributed by atoms with Crippen LogP contribution in [-0.4, -0.2) is 40.5 Å². The first-order valence-corrected chi connectivity index (χ1v) is 11.5. The van der Waals surface area contributed by atoms with E-state index in [1.54, 1.807) is 36.4 Å². The number of aliphatic hydroxyl groups excluding tert-OH is 1. The molecule has 3 aromatic carbocycles. The van der Waals surface area contributed by atoms with Gasteiger partial charge in [0.15, 0.2) is 0 Å². The molecular formula is C28H33NO5. The average molecular weight is 464 g/mol. The monoisotopic (exact) mass is 463 g/mol. The summed E-state index contributed by atoms with van der Waals surface area (Å²) in [5, 5.41) is 32.5. The highest BCUT2D eigenvalue weighted by atomic mass is 16.5. The quantitative estimate of drug-likeness (QED) is 0.305. The van der Waals surface area contributed by atoms with Crippen LogP contribution < -0.4 is 10.1 Å². The molecule has 0 radical (unpaired) electrons. The van der Waals surface area contributed by atoms with E-state index in [-0.39, 0.29) is 17.7 Å². The Labute approximate surface area is 200 Å². The fourth-order valence-electron chi connectivity index (χ4n) is 3.97. The van der Waals surface area contributed by atoms with Gasteiger partial charge in [0.1, 0.15) is 18.1 Å². The Balaban J connectivity index is 1.60. The molecule has 0 spiro atoms. The topological polar surface area (TPSA) is 99.0 Å². The number of ether oxygens (including phenoxy) is 1. The van der Waals surface area contributed by atoms with Gasteiger partial charge in [0.05, 0.1) is 11.7 Å². The van der Waals surface area contributed by atoms with Crippen molar-refractivity contribution in [2.75, 3.05) is 13.2 Å². The summed E-state index contributed by atoms with van der Waals surface area (Å²) >= 11 is 0. The number of carbonyl (C=O) groups is 1. The van der Waals surface area contributed by atoms with Crippen molar-refractivity contribution in [3.05, 3.63) is 82.9 Å². The van der Waals surface area contributed by atoms with Gasteiger partial charge in [-0.3, -0.25) is 0 Å². The van der Waals surface area contributed by atoms with Crippen molar-refractivity contribution in [3.8, 4) is 22.6 Å². The third kappa shape index (κ3) is 6.16. The lowest BCUT2D eigenvalue weighted by atomic mass is 9.89. The number of aliphatic hydroxyl groups is 1. The van der Waals surface area contributed by atoms with Gasteiger partial charge in [0.2, 0.25) is 0 Å². The first-order valence-electron chi connectivity index (χ1n) is 11.5. The molecule has 2 atom stereocenters. The summed E-state index contributed by atoms with van der Waals surface area (Å²) in [6.07, 6.45) is -0.690. The Morgan fingerprint density at radius 2 is 1.65 bits per heavy atom. The van der Waals surface area contributed by atoms with Crippen LogP contribution in [0.1, 0.15) is 59.8 Å². The van der Waals surface area contributed by atoms with E-state index >= 15 is 0 Å². The number of aryl methyl sites for hydroxylation is 1. The minimum Gasteiger partial charge on any atom is -0.508 e. The number of nitrogens with one attached hydrogen (secondary N) is 1. The average Bonchev–Trinajstić information content (AvgIpc) is 2.81. The second-order valence-electron chi connectivity index (χ2n) is 8.87. The molecule has 180 valence electrons. The van der Waals surface area contributed by atoms with E-state index in [1.165, 1.54) is 0 Å². The first kappa shape index (κ1) is 25.3. The van der Waals surface area contributed by atoms with Crippen LogP contribution in [0.4, 0.5) is 0 Å². The van der Waals surface area contributed by atoms with Gasteiger partial charge in [-0.25, -0.2) is 4.79 Å². The minimum atomic E-state index is -0.924. The van der Waals surface area contributed by atoms with Gasteiger partial charge < -0.3 is 25.4 Å². The molecule has 6 heteroatoms. The Morgan fingerprint density at radius 3 is 2.26 bits per heavy atom. The molecule has 0 aliphatic carbocycles. The predicted octanol–water partition coefficient (Wildman–Crippen LogP) is 5.28. The Bertz CT molecular complexity index is 1120. The van der Waals surface area contributed by atoms with Crippen LogP contribution in [0.2, 0.25) is 0 Å². The number of aromatic carboxylic acids is 1. The molecule has 0 amide bonds. The lowest BCUT2D eigenvalue weighted by Crippen LogP contribution is -2.35. The maximum Gasteiger partial charge on any atom is 0.335 e. The van der Waals surface area contributed by atoms with Crippen LogP contribution >= 0.6 is 0 Å². The second kappa shape index (κ2) is 11.2. The van der Waals surface area contributed by atoms with Crippen molar-refractivity contribution >= 4 is 5.97 Å². The summed E-state index contributed by atoms with van der Waals surface area (Å²) in [5.41, 5.74) is 5.16. The molecule has 0 bridgehead atoms. The molecular weight excluding hydrogens is 430 g/mol. The van der Waals surface area contributed by atoms with Gasteiger partial charge in [-0.05, 0) is 84.0 Å². The fraction of sp³-hybridized carbons (Fsp3) is 0.321. The lowest BCUT2D eigenvalue weighted by Gasteiger charge is -2.21. The van der Waals surface area contributed by atoms with Gasteiger partial charge in [-0.1, -0.05) is 38.1 Å². The normalized spacial score (nSPS) is 13.0. The summed E-state index contributed by atoms with van der Waals surface area (Å²) in [5.74, 6) is 0.189. The number of aromatic hydroxyl groups is 1. The fourth-order valence-corrected chi connectivity index (χ4v) is 3.97. The van der Waals surface area contributed by atoms with Gasteiger partial charge in [0, 0.05) is 12.6 Å². The number of phenols is 1. The predicted molar refractivity (Wildman–Crippen MR) is 134 cm³/mol. The largest absolute Gasteiger partial charge is 0.508 e. The number of hydrogen-bond acceptors (Lipinski definition) is 5. The smallest absolute Gasteiger partial charge is 0.335 e. The zero-order chi connectivity index (χ0) is 24.8. The molecule has 0 aliphatic rings. The van der Waals surface area contributed by atoms with Crippen LogP contribution in [0.3, 0.4) is 0 Å². The molecule has 0 aromatic heterocycles. The first-order chi connectivity index (χ1) is 16.2. The highest BCUT2D eigenvalue weighted by Gasteiger charge is 2.16. The summed E-state index contributed by atoms with van der Waals surface area (Å²) in [6, 6.07) is 17.6. The number of phenolic OH excluding ortho intramolecular Hbond substituents is 1. The number of carboxylic acid groups (broad SMARTS) is 1. The molecule has 0 saturated heterocycles. The van der Waals surface area contributed by atoms with Crippen molar-refractivity contribution in [3.63, 3.8) is 0 Å². The molecule has 3 rings (SSSR count). The highest BCUT2D eigenvalue weighted by molar-refractivity contribution is 5.89. The molecule has 3 aromatic rings. The van der Waals surface area contributed by atoms with Crippen LogP contribution in [0.25, 0.3) is 11.1 Å². The van der Waals surface area contributed by atoms with Gasteiger partial charge in [-0.2, -0.15) is 0 Å². The Kier molecular flexibility index (Phi) is 8.31. The van der Waals surface area contributed by atoms with E-state index < -0.39 is 12.1 Å². The third-order valence-corrected chi connectivity index (χ3v) is 5.95. The summed E-state index contributed by atoms with van der Waals surface area (Å²) in [4.78, 5) is 11.4. The lowest BCUT2D eigenvalue weighted by molar-refractivity contribution is 0.0696. The van der Waals surface area contributed by atoms with Crippen molar-refractivity contribution in [1.29, 1.82) is 0 Å². The third-order valence-electron chi connectivity index (χ3n) is 5.95. The summed E-state index contributed by atoms with van der Waals surface area (Å²) in [7, 11) is 0. The number of hydrogen-bond donors (Lipinski definition) is 4. The van der Waals surface area contributed by atoms with Crippen LogP contribution in [0, 0.1) is 6.92 Å². The van der Waals surface area contributed by atoms with Gasteiger partial charge in [-0.15, -0.1) is 0 Å². The van der Waals surface area contributed by atoms with Gasteiger partial charge in [0.25, 0.3) is 0 Å². The molecule has 6 nitrogen and oxygen atoms in total. The number of rotatable bonds is 10. The second-order valence-corrected chi connectivity index (χ2v) is 8.87. The molecule has 4 N–H and O–H groups in total. The standard InChI is InChI=1S/C28H33NO5/c1-17(2)26-16-21(28(32)33)7-11-25(26)24-12-10-23(15-18(24)3)34-14-13-29-19(4)27(31)20-5-8-22(30)9-6-20/h5-12,15-17,19,27,29-31H,13-14H2,1-4H3,(H,32,33)/t19-,27+/m0/s1. The van der Waals surface area contributed by atoms with Crippen LogP contribution in [0.5, 0.6) is 11.5 Å². The molecule has 0 saturated carbocycles. The van der Waals surface area contributed by atoms with E-state index in [4.69, 9.17) is 4.74 Å². The van der Waals surface area contributed by atoms with Crippen molar-refractivity contribution in [1.82, 2.24) is 5.32 Å². The van der Waals surface area contributed by atoms with Crippen molar-refractivity contribution < 1.29 is 24.9 Å². The molecule has 0 unspecified atom stereocenters. The minimum absolute atomic E-state index is 0.170. The maximum atomic E-state index is 11.4. The zero-order valence-electron chi connectivity index (χ0n) is 20.1. The van der Waals surface area contributed by atoms with E-state index in [0.717, 1.165) is 33.6 Å². The zero-order valence-corrected chi connectivity index (χ0v) is 20.1. The van der Waals surface area contributed by atoms with Crippen molar-refractivity contribution in [2.24, 2.45) is 0 Å². The molecule has 0 fully saturated rings. The number of carboxylic acids is 1. The SMILES string of the molecule is Cc1cc(OCCN[C@@H](C)[C@@H](O)c2ccc(O)cc2)ccc1-c1ccc(C(=O)O)cc1C(C)C. The Hall–Kier alpha value is -3.35. The van der Waals surface area contributed by atoms with E-state index in [0.29, 0.717) is 18.7 Å². The van der Waals surface area contributed by atoms with E-state index in [9.17, 15) is 20.1 Å². The highest BCUT2D eigenvalue weighted by Crippen LogP contribution is 2.34. The maximum absolute atomic E-state index is 11.4. The molecule has 34 heavy (non-hydrogen) atoms. The van der Waals surface area contributed by atoms with Crippen LogP contribution in [-0.2, 0) is 0 Å². The van der Waals surface area contributed by atoms with E-state index in [2.05, 4.69) is 19.2 Å². The summed E-state index contributed by atoms with van der Waals surface area (Å²) in [6.45, 7) is 9.04. The van der Waals surface area contributed by atoms with Gasteiger partial charge >= 0.3 is 5.97 Å². The molecule has 0 aliphatic heterocycles. The Morgan fingerprint density at radius 1 is 0.971 bits per heavy atom. The van der Waals surface area contributed by atoms with Crippen LogP contribution in [0.15, 0.2) is 60.7 Å².